The van der Waals surface area contributed by atoms with E-state index in [4.69, 9.17) is 4.74 Å². The molecule has 0 bridgehead atoms. The Bertz CT molecular complexity index is 1360. The van der Waals surface area contributed by atoms with Crippen LogP contribution in [0.3, 0.4) is 0 Å². The van der Waals surface area contributed by atoms with Gasteiger partial charge in [0.15, 0.2) is 6.10 Å². The summed E-state index contributed by atoms with van der Waals surface area (Å²) in [5.41, 5.74) is 2.57. The molecule has 1 aromatic heterocycles. The number of hydrogen-bond donors (Lipinski definition) is 1. The van der Waals surface area contributed by atoms with Crippen molar-refractivity contribution in [3.8, 4) is 11.4 Å². The van der Waals surface area contributed by atoms with Crippen molar-refractivity contribution >= 4 is 22.5 Å². The van der Waals surface area contributed by atoms with Crippen molar-refractivity contribution in [1.29, 1.82) is 0 Å². The number of carbonyl (C=O) groups is 1. The number of carbonyl (C=O) groups excluding carboxylic acids is 1. The van der Waals surface area contributed by atoms with E-state index in [0.29, 0.717) is 22.4 Å². The molecule has 3 aromatic carbocycles. The summed E-state index contributed by atoms with van der Waals surface area (Å²) in [7, 11) is 0. The number of rotatable bonds is 5. The second kappa shape index (κ2) is 8.63. The van der Waals surface area contributed by atoms with Gasteiger partial charge in [0.1, 0.15) is 17.4 Å². The molecule has 0 spiro atoms. The van der Waals surface area contributed by atoms with Crippen molar-refractivity contribution in [2.24, 2.45) is 0 Å². The molecule has 0 aliphatic heterocycles. The van der Waals surface area contributed by atoms with Gasteiger partial charge in [-0.15, -0.1) is 0 Å². The Hall–Kier alpha value is -4.00. The highest BCUT2D eigenvalue weighted by atomic mass is 19.1. The van der Waals surface area contributed by atoms with Crippen LogP contribution in [-0.2, 0) is 4.79 Å². The van der Waals surface area contributed by atoms with Crippen molar-refractivity contribution in [1.82, 2.24) is 9.55 Å². The number of fused-ring (bicyclic) bond motifs is 1. The largest absolute Gasteiger partial charge is 0.481 e. The summed E-state index contributed by atoms with van der Waals surface area (Å²) >= 11 is 0. The zero-order chi connectivity index (χ0) is 22.8. The lowest BCUT2D eigenvalue weighted by atomic mass is 10.2. The first-order valence-electron chi connectivity index (χ1n) is 10.2. The Balaban J connectivity index is 1.62. The molecular weight excluding hydrogens is 409 g/mol. The van der Waals surface area contributed by atoms with Gasteiger partial charge in [-0.3, -0.25) is 14.2 Å². The van der Waals surface area contributed by atoms with Crippen molar-refractivity contribution in [2.45, 2.75) is 26.9 Å². The number of aromatic nitrogens is 2. The first kappa shape index (κ1) is 21.2. The summed E-state index contributed by atoms with van der Waals surface area (Å²) in [5, 5.41) is 3.13. The van der Waals surface area contributed by atoms with Crippen LogP contribution in [0.5, 0.6) is 5.75 Å². The van der Waals surface area contributed by atoms with E-state index in [-0.39, 0.29) is 11.3 Å². The number of ether oxygens (including phenoxy) is 1. The van der Waals surface area contributed by atoms with Gasteiger partial charge in [0, 0.05) is 11.8 Å². The molecule has 0 unspecified atom stereocenters. The quantitative estimate of drug-likeness (QED) is 0.503. The monoisotopic (exact) mass is 431 g/mol. The number of aryl methyl sites for hydroxylation is 2. The minimum Gasteiger partial charge on any atom is -0.481 e. The first-order valence-corrected chi connectivity index (χ1v) is 10.2. The van der Waals surface area contributed by atoms with Crippen molar-refractivity contribution in [3.05, 3.63) is 94.3 Å². The number of nitrogens with zero attached hydrogens (tertiary/aromatic N) is 2. The normalized spacial score (nSPS) is 11.9. The molecule has 6 nitrogen and oxygen atoms in total. The summed E-state index contributed by atoms with van der Waals surface area (Å²) in [5.74, 6) is -0.0445. The Morgan fingerprint density at radius 1 is 1.06 bits per heavy atom. The van der Waals surface area contributed by atoms with Crippen molar-refractivity contribution in [3.63, 3.8) is 0 Å². The Morgan fingerprint density at radius 3 is 2.53 bits per heavy atom. The SMILES string of the molecule is Cc1ccc(-n2c(C)nc3ccc(NC(=O)[C@H](C)Oc4cccc(F)c4)cc3c2=O)cc1. The number of halogens is 1. The van der Waals surface area contributed by atoms with Crippen LogP contribution in [0.1, 0.15) is 18.3 Å². The molecule has 0 fully saturated rings. The molecule has 7 heteroatoms. The third-order valence-corrected chi connectivity index (χ3v) is 5.07. The average Bonchev–Trinajstić information content (AvgIpc) is 2.75. The van der Waals surface area contributed by atoms with E-state index < -0.39 is 17.8 Å². The Morgan fingerprint density at radius 2 is 1.81 bits per heavy atom. The zero-order valence-electron chi connectivity index (χ0n) is 17.9. The van der Waals surface area contributed by atoms with Crippen LogP contribution < -0.4 is 15.6 Å². The molecule has 1 N–H and O–H groups in total. The van der Waals surface area contributed by atoms with E-state index >= 15 is 0 Å². The number of anilines is 1. The third kappa shape index (κ3) is 4.37. The van der Waals surface area contributed by atoms with E-state index in [2.05, 4.69) is 10.3 Å². The molecule has 4 aromatic rings. The van der Waals surface area contributed by atoms with Gasteiger partial charge in [0.2, 0.25) is 0 Å². The summed E-state index contributed by atoms with van der Waals surface area (Å²) < 4.78 is 20.4. The second-order valence-corrected chi connectivity index (χ2v) is 7.57. The number of benzene rings is 3. The van der Waals surface area contributed by atoms with Crippen LogP contribution in [-0.4, -0.2) is 21.6 Å². The van der Waals surface area contributed by atoms with E-state index in [1.807, 2.05) is 31.2 Å². The van der Waals surface area contributed by atoms with Gasteiger partial charge < -0.3 is 10.1 Å². The number of amides is 1. The predicted molar refractivity (Wildman–Crippen MR) is 122 cm³/mol. The summed E-state index contributed by atoms with van der Waals surface area (Å²) in [6, 6.07) is 18.2. The average molecular weight is 431 g/mol. The van der Waals surface area contributed by atoms with Gasteiger partial charge in [0.25, 0.3) is 11.5 Å². The highest BCUT2D eigenvalue weighted by Gasteiger charge is 2.17. The standard InChI is InChI=1S/C25H22FN3O3/c1-15-7-10-20(11-8-15)29-17(3)27-23-12-9-19(14-22(23)25(29)31)28-24(30)16(2)32-21-6-4-5-18(26)13-21/h4-14,16H,1-3H3,(H,28,30)/t16-/m0/s1. The second-order valence-electron chi connectivity index (χ2n) is 7.57. The summed E-state index contributed by atoms with van der Waals surface area (Å²) in [4.78, 5) is 30.3. The van der Waals surface area contributed by atoms with Crippen LogP contribution in [0.15, 0.2) is 71.5 Å². The minimum absolute atomic E-state index is 0.225. The summed E-state index contributed by atoms with van der Waals surface area (Å²) in [6.45, 7) is 5.32. The maximum atomic E-state index is 13.3. The maximum Gasteiger partial charge on any atom is 0.266 e. The predicted octanol–water partition coefficient (Wildman–Crippen LogP) is 4.55. The highest BCUT2D eigenvalue weighted by molar-refractivity contribution is 5.96. The molecule has 0 saturated heterocycles. The fourth-order valence-corrected chi connectivity index (χ4v) is 3.41. The molecule has 1 heterocycles. The van der Waals surface area contributed by atoms with E-state index in [1.165, 1.54) is 18.2 Å². The maximum absolute atomic E-state index is 13.3. The minimum atomic E-state index is -0.868. The molecule has 32 heavy (non-hydrogen) atoms. The van der Waals surface area contributed by atoms with E-state index in [9.17, 15) is 14.0 Å². The van der Waals surface area contributed by atoms with Crippen LogP contribution in [0, 0.1) is 19.7 Å². The molecule has 0 radical (unpaired) electrons. The van der Waals surface area contributed by atoms with Gasteiger partial charge in [0.05, 0.1) is 16.6 Å². The lowest BCUT2D eigenvalue weighted by Crippen LogP contribution is -2.30. The Labute approximate surface area is 184 Å². The van der Waals surface area contributed by atoms with Crippen LogP contribution in [0.2, 0.25) is 0 Å². The van der Waals surface area contributed by atoms with Crippen LogP contribution >= 0.6 is 0 Å². The molecule has 4 rings (SSSR count). The lowest BCUT2D eigenvalue weighted by molar-refractivity contribution is -0.122. The van der Waals surface area contributed by atoms with Crippen molar-refractivity contribution < 1.29 is 13.9 Å². The third-order valence-electron chi connectivity index (χ3n) is 5.07. The molecule has 0 aliphatic rings. The van der Waals surface area contributed by atoms with E-state index in [1.54, 1.807) is 42.7 Å². The van der Waals surface area contributed by atoms with Crippen LogP contribution in [0.25, 0.3) is 16.6 Å². The van der Waals surface area contributed by atoms with Gasteiger partial charge in [-0.1, -0.05) is 23.8 Å². The van der Waals surface area contributed by atoms with Gasteiger partial charge in [-0.2, -0.15) is 0 Å². The molecule has 1 amide bonds. The fraction of sp³-hybridized carbons (Fsp3) is 0.160. The van der Waals surface area contributed by atoms with Crippen molar-refractivity contribution in [2.75, 3.05) is 5.32 Å². The van der Waals surface area contributed by atoms with Gasteiger partial charge >= 0.3 is 0 Å². The molecule has 1 atom stereocenters. The Kier molecular flexibility index (Phi) is 5.73. The van der Waals surface area contributed by atoms with Gasteiger partial charge in [-0.05, 0) is 63.2 Å². The number of hydrogen-bond acceptors (Lipinski definition) is 4. The smallest absolute Gasteiger partial charge is 0.266 e. The van der Waals surface area contributed by atoms with Gasteiger partial charge in [-0.25, -0.2) is 9.37 Å². The molecule has 162 valence electrons. The molecule has 0 aliphatic carbocycles. The van der Waals surface area contributed by atoms with E-state index in [0.717, 1.165) is 11.3 Å². The highest BCUT2D eigenvalue weighted by Crippen LogP contribution is 2.19. The summed E-state index contributed by atoms with van der Waals surface area (Å²) in [6.07, 6.45) is -0.868. The van der Waals surface area contributed by atoms with Crippen LogP contribution in [0.4, 0.5) is 10.1 Å². The molecule has 0 saturated carbocycles. The molecular formula is C25H22FN3O3. The fourth-order valence-electron chi connectivity index (χ4n) is 3.41. The lowest BCUT2D eigenvalue weighted by Gasteiger charge is -2.15. The first-order chi connectivity index (χ1) is 15.3. The number of nitrogens with one attached hydrogen (secondary N) is 1. The zero-order valence-corrected chi connectivity index (χ0v) is 17.9. The topological polar surface area (TPSA) is 73.2 Å².